The van der Waals surface area contributed by atoms with Gasteiger partial charge >= 0.3 is 0 Å². The molecule has 0 saturated heterocycles. The SMILES string of the molecule is C=C(C)CN(CC)C(=O)CN(C)Cc1ccc(OC)c(F)c1. The average Bonchev–Trinajstić information content (AvgIpc) is 2.44. The van der Waals surface area contributed by atoms with Crippen LogP contribution in [0.2, 0.25) is 0 Å². The lowest BCUT2D eigenvalue weighted by Crippen LogP contribution is -2.39. The molecule has 0 aliphatic carbocycles. The van der Waals surface area contributed by atoms with E-state index in [4.69, 9.17) is 4.74 Å². The maximum Gasteiger partial charge on any atom is 0.237 e. The zero-order chi connectivity index (χ0) is 16.7. The molecule has 0 spiro atoms. The van der Waals surface area contributed by atoms with Crippen LogP contribution < -0.4 is 4.74 Å². The molecule has 1 aromatic carbocycles. The van der Waals surface area contributed by atoms with Gasteiger partial charge in [-0.15, -0.1) is 0 Å². The van der Waals surface area contributed by atoms with E-state index in [9.17, 15) is 9.18 Å². The molecular weight excluding hydrogens is 283 g/mol. The van der Waals surface area contributed by atoms with Crippen molar-refractivity contribution in [2.24, 2.45) is 0 Å². The smallest absolute Gasteiger partial charge is 0.237 e. The Morgan fingerprint density at radius 3 is 2.55 bits per heavy atom. The summed E-state index contributed by atoms with van der Waals surface area (Å²) in [5, 5.41) is 0. The standard InChI is InChI=1S/C17H25FN2O2/c1-6-20(10-13(2)3)17(21)12-19(4)11-14-7-8-16(22-5)15(18)9-14/h7-9H,2,6,10-12H2,1,3-5H3. The predicted molar refractivity (Wildman–Crippen MR) is 86.4 cm³/mol. The van der Waals surface area contributed by atoms with Crippen molar-refractivity contribution in [2.45, 2.75) is 20.4 Å². The second-order valence-electron chi connectivity index (χ2n) is 5.51. The number of carbonyl (C=O) groups is 1. The van der Waals surface area contributed by atoms with E-state index >= 15 is 0 Å². The van der Waals surface area contributed by atoms with E-state index < -0.39 is 5.82 Å². The minimum Gasteiger partial charge on any atom is -0.494 e. The molecule has 122 valence electrons. The van der Waals surface area contributed by atoms with Gasteiger partial charge in [-0.3, -0.25) is 9.69 Å². The molecule has 0 radical (unpaired) electrons. The number of methoxy groups -OCH3 is 1. The Bertz CT molecular complexity index is 531. The van der Waals surface area contributed by atoms with E-state index in [1.807, 2.05) is 25.8 Å². The van der Waals surface area contributed by atoms with Crippen molar-refractivity contribution >= 4 is 5.91 Å². The van der Waals surface area contributed by atoms with Gasteiger partial charge in [-0.05, 0) is 38.6 Å². The molecule has 22 heavy (non-hydrogen) atoms. The van der Waals surface area contributed by atoms with Gasteiger partial charge in [0.05, 0.1) is 13.7 Å². The van der Waals surface area contributed by atoms with E-state index in [-0.39, 0.29) is 18.2 Å². The third-order valence-corrected chi connectivity index (χ3v) is 3.27. The quantitative estimate of drug-likeness (QED) is 0.692. The minimum absolute atomic E-state index is 0.0435. The van der Waals surface area contributed by atoms with Crippen LogP contribution in [0, 0.1) is 5.82 Å². The Morgan fingerprint density at radius 2 is 2.05 bits per heavy atom. The number of nitrogens with zero attached hydrogens (tertiary/aromatic N) is 2. The molecule has 5 heteroatoms. The minimum atomic E-state index is -0.391. The van der Waals surface area contributed by atoms with Gasteiger partial charge in [-0.1, -0.05) is 18.2 Å². The highest BCUT2D eigenvalue weighted by molar-refractivity contribution is 5.78. The van der Waals surface area contributed by atoms with Crippen LogP contribution in [0.15, 0.2) is 30.4 Å². The zero-order valence-corrected chi connectivity index (χ0v) is 13.9. The molecule has 0 fully saturated rings. The molecule has 0 aliphatic heterocycles. The van der Waals surface area contributed by atoms with Crippen molar-refractivity contribution < 1.29 is 13.9 Å². The molecule has 0 atom stereocenters. The van der Waals surface area contributed by atoms with Gasteiger partial charge in [0, 0.05) is 19.6 Å². The van der Waals surface area contributed by atoms with Crippen LogP contribution in [-0.4, -0.2) is 49.5 Å². The molecule has 0 saturated carbocycles. The lowest BCUT2D eigenvalue weighted by atomic mass is 10.2. The number of benzene rings is 1. The fraction of sp³-hybridized carbons (Fsp3) is 0.471. The average molecular weight is 308 g/mol. The summed E-state index contributed by atoms with van der Waals surface area (Å²) in [7, 11) is 3.28. The second kappa shape index (κ2) is 8.54. The Kier molecular flexibility index (Phi) is 7.05. The Hall–Kier alpha value is -1.88. The topological polar surface area (TPSA) is 32.8 Å². The Labute approximate surface area is 132 Å². The number of halogens is 1. The first kappa shape index (κ1) is 18.2. The lowest BCUT2D eigenvalue weighted by Gasteiger charge is -2.24. The fourth-order valence-electron chi connectivity index (χ4n) is 2.21. The first-order chi connectivity index (χ1) is 10.4. The van der Waals surface area contributed by atoms with Crippen LogP contribution in [-0.2, 0) is 11.3 Å². The molecule has 0 heterocycles. The Morgan fingerprint density at radius 1 is 1.36 bits per heavy atom. The van der Waals surface area contributed by atoms with Gasteiger partial charge in [-0.2, -0.15) is 0 Å². The number of ether oxygens (including phenoxy) is 1. The van der Waals surface area contributed by atoms with E-state index in [1.54, 1.807) is 17.0 Å². The molecule has 0 N–H and O–H groups in total. The molecule has 0 aliphatic rings. The number of hydrogen-bond donors (Lipinski definition) is 0. The van der Waals surface area contributed by atoms with Gasteiger partial charge < -0.3 is 9.64 Å². The van der Waals surface area contributed by atoms with Crippen molar-refractivity contribution in [3.63, 3.8) is 0 Å². The van der Waals surface area contributed by atoms with Crippen LogP contribution in [0.25, 0.3) is 0 Å². The molecule has 0 aromatic heterocycles. The third kappa shape index (κ3) is 5.48. The van der Waals surface area contributed by atoms with Gasteiger partial charge in [0.2, 0.25) is 5.91 Å². The monoisotopic (exact) mass is 308 g/mol. The maximum atomic E-state index is 13.7. The number of rotatable bonds is 8. The van der Waals surface area contributed by atoms with Gasteiger partial charge in [0.25, 0.3) is 0 Å². The van der Waals surface area contributed by atoms with Gasteiger partial charge in [0.15, 0.2) is 11.6 Å². The zero-order valence-electron chi connectivity index (χ0n) is 13.9. The maximum absolute atomic E-state index is 13.7. The van der Waals surface area contributed by atoms with Crippen LogP contribution in [0.1, 0.15) is 19.4 Å². The highest BCUT2D eigenvalue weighted by Gasteiger charge is 2.14. The Balaban J connectivity index is 2.61. The number of hydrogen-bond acceptors (Lipinski definition) is 3. The van der Waals surface area contributed by atoms with Crippen molar-refractivity contribution in [2.75, 3.05) is 33.8 Å². The molecule has 0 unspecified atom stereocenters. The third-order valence-electron chi connectivity index (χ3n) is 3.27. The molecule has 0 bridgehead atoms. The highest BCUT2D eigenvalue weighted by atomic mass is 19.1. The highest BCUT2D eigenvalue weighted by Crippen LogP contribution is 2.18. The van der Waals surface area contributed by atoms with Crippen molar-refractivity contribution in [1.29, 1.82) is 0 Å². The van der Waals surface area contributed by atoms with Crippen LogP contribution in [0.4, 0.5) is 4.39 Å². The van der Waals surface area contributed by atoms with E-state index in [0.29, 0.717) is 19.6 Å². The summed E-state index contributed by atoms with van der Waals surface area (Å²) >= 11 is 0. The summed E-state index contributed by atoms with van der Waals surface area (Å²) in [5.74, 6) is -0.125. The summed E-state index contributed by atoms with van der Waals surface area (Å²) in [6.45, 7) is 9.69. The van der Waals surface area contributed by atoms with Crippen LogP contribution in [0.3, 0.4) is 0 Å². The fourth-order valence-corrected chi connectivity index (χ4v) is 2.21. The molecular formula is C17H25FN2O2. The molecule has 1 amide bonds. The number of amides is 1. The lowest BCUT2D eigenvalue weighted by molar-refractivity contribution is -0.131. The van der Waals surface area contributed by atoms with Crippen LogP contribution >= 0.6 is 0 Å². The van der Waals surface area contributed by atoms with E-state index in [0.717, 1.165) is 11.1 Å². The first-order valence-corrected chi connectivity index (χ1v) is 7.30. The first-order valence-electron chi connectivity index (χ1n) is 7.30. The van der Waals surface area contributed by atoms with Crippen molar-refractivity contribution in [3.8, 4) is 5.75 Å². The van der Waals surface area contributed by atoms with Crippen molar-refractivity contribution in [1.82, 2.24) is 9.80 Å². The summed E-state index contributed by atoms with van der Waals surface area (Å²) < 4.78 is 18.6. The molecule has 4 nitrogen and oxygen atoms in total. The van der Waals surface area contributed by atoms with Crippen LogP contribution in [0.5, 0.6) is 5.75 Å². The molecule has 1 aromatic rings. The second-order valence-corrected chi connectivity index (χ2v) is 5.51. The van der Waals surface area contributed by atoms with E-state index in [2.05, 4.69) is 6.58 Å². The molecule has 1 rings (SSSR count). The van der Waals surface area contributed by atoms with Gasteiger partial charge in [0.1, 0.15) is 0 Å². The summed E-state index contributed by atoms with van der Waals surface area (Å²) in [6.07, 6.45) is 0. The van der Waals surface area contributed by atoms with Crippen molar-refractivity contribution in [3.05, 3.63) is 41.7 Å². The van der Waals surface area contributed by atoms with Gasteiger partial charge in [-0.25, -0.2) is 4.39 Å². The summed E-state index contributed by atoms with van der Waals surface area (Å²) in [4.78, 5) is 15.8. The summed E-state index contributed by atoms with van der Waals surface area (Å²) in [5.41, 5.74) is 1.76. The number of likely N-dealkylation sites (N-methyl/N-ethyl adjacent to an activating group) is 2. The van der Waals surface area contributed by atoms with E-state index in [1.165, 1.54) is 13.2 Å². The predicted octanol–water partition coefficient (Wildman–Crippen LogP) is 2.69. The normalized spacial score (nSPS) is 10.6. The largest absolute Gasteiger partial charge is 0.494 e. The summed E-state index contributed by atoms with van der Waals surface area (Å²) in [6, 6.07) is 4.83. The number of carbonyl (C=O) groups excluding carboxylic acids is 1.